The lowest BCUT2D eigenvalue weighted by molar-refractivity contribution is -0.149. The third-order valence-electron chi connectivity index (χ3n) is 3.41. The molecule has 0 aliphatic heterocycles. The van der Waals surface area contributed by atoms with Gasteiger partial charge in [-0.05, 0) is 35.9 Å². The van der Waals surface area contributed by atoms with Crippen LogP contribution in [0.2, 0.25) is 5.02 Å². The zero-order valence-electron chi connectivity index (χ0n) is 11.2. The molecular weight excluding hydrogens is 280 g/mol. The summed E-state index contributed by atoms with van der Waals surface area (Å²) < 4.78 is 1.50. The Kier molecular flexibility index (Phi) is 4.04. The van der Waals surface area contributed by atoms with Gasteiger partial charge in [-0.2, -0.15) is 0 Å². The van der Waals surface area contributed by atoms with E-state index in [0.29, 0.717) is 17.3 Å². The lowest BCUT2D eigenvalue weighted by atomic mass is 9.88. The summed E-state index contributed by atoms with van der Waals surface area (Å²) >= 11 is 5.95. The van der Waals surface area contributed by atoms with Crippen molar-refractivity contribution in [3.63, 3.8) is 0 Å². The monoisotopic (exact) mass is 294 g/mol. The molecule has 106 valence electrons. The van der Waals surface area contributed by atoms with E-state index >= 15 is 0 Å². The van der Waals surface area contributed by atoms with Crippen LogP contribution in [0.25, 0.3) is 11.4 Å². The van der Waals surface area contributed by atoms with E-state index in [9.17, 15) is 9.90 Å². The van der Waals surface area contributed by atoms with Crippen molar-refractivity contribution in [1.82, 2.24) is 20.2 Å². The molecule has 6 nitrogen and oxygen atoms in total. The van der Waals surface area contributed by atoms with Crippen LogP contribution in [0.3, 0.4) is 0 Å². The SMILES string of the molecule is CCC(C)(Cn1nnnc1-c1cccc(Cl)c1)C(=O)O. The molecule has 1 atom stereocenters. The maximum Gasteiger partial charge on any atom is 0.311 e. The van der Waals surface area contributed by atoms with Crippen molar-refractivity contribution in [2.75, 3.05) is 0 Å². The van der Waals surface area contributed by atoms with E-state index in [4.69, 9.17) is 11.6 Å². The fourth-order valence-electron chi connectivity index (χ4n) is 1.81. The lowest BCUT2D eigenvalue weighted by Crippen LogP contribution is -2.32. The fourth-order valence-corrected chi connectivity index (χ4v) is 2.00. The number of aliphatic carboxylic acids is 1. The topological polar surface area (TPSA) is 80.9 Å². The minimum absolute atomic E-state index is 0.202. The molecule has 1 aromatic carbocycles. The zero-order valence-corrected chi connectivity index (χ0v) is 12.0. The third kappa shape index (κ3) is 2.80. The molecule has 20 heavy (non-hydrogen) atoms. The van der Waals surface area contributed by atoms with Crippen LogP contribution in [-0.2, 0) is 11.3 Å². The molecule has 2 rings (SSSR count). The predicted octanol–water partition coefficient (Wildman–Crippen LogP) is 2.49. The molecule has 0 fully saturated rings. The Balaban J connectivity index is 2.37. The van der Waals surface area contributed by atoms with Crippen LogP contribution < -0.4 is 0 Å². The molecule has 7 heteroatoms. The van der Waals surface area contributed by atoms with Gasteiger partial charge in [0.25, 0.3) is 0 Å². The Morgan fingerprint density at radius 3 is 2.85 bits per heavy atom. The quantitative estimate of drug-likeness (QED) is 0.916. The van der Waals surface area contributed by atoms with Gasteiger partial charge in [0.2, 0.25) is 0 Å². The van der Waals surface area contributed by atoms with Crippen molar-refractivity contribution in [2.45, 2.75) is 26.8 Å². The highest BCUT2D eigenvalue weighted by atomic mass is 35.5. The number of aromatic nitrogens is 4. The normalized spacial score (nSPS) is 13.9. The molecule has 0 saturated heterocycles. The average molecular weight is 295 g/mol. The zero-order chi connectivity index (χ0) is 14.8. The molecule has 1 heterocycles. The molecule has 0 saturated carbocycles. The molecule has 1 aromatic heterocycles. The largest absolute Gasteiger partial charge is 0.481 e. The van der Waals surface area contributed by atoms with Crippen LogP contribution in [0.1, 0.15) is 20.3 Å². The van der Waals surface area contributed by atoms with Crippen LogP contribution in [-0.4, -0.2) is 31.3 Å². The number of carbonyl (C=O) groups is 1. The molecule has 0 aliphatic rings. The molecule has 1 N–H and O–H groups in total. The number of rotatable bonds is 5. The summed E-state index contributed by atoms with van der Waals surface area (Å²) in [5.41, 5.74) is -0.158. The molecular formula is C13H15ClN4O2. The highest BCUT2D eigenvalue weighted by Crippen LogP contribution is 2.27. The van der Waals surface area contributed by atoms with E-state index < -0.39 is 11.4 Å². The second-order valence-electron chi connectivity index (χ2n) is 4.89. The summed E-state index contributed by atoms with van der Waals surface area (Å²) in [5, 5.41) is 21.4. The molecule has 0 bridgehead atoms. The first-order chi connectivity index (χ1) is 9.46. The van der Waals surface area contributed by atoms with Gasteiger partial charge >= 0.3 is 5.97 Å². The van der Waals surface area contributed by atoms with Gasteiger partial charge in [0.1, 0.15) is 0 Å². The van der Waals surface area contributed by atoms with Crippen LogP contribution in [0.5, 0.6) is 0 Å². The minimum Gasteiger partial charge on any atom is -0.481 e. The van der Waals surface area contributed by atoms with Gasteiger partial charge in [-0.1, -0.05) is 30.7 Å². The fraction of sp³-hybridized carbons (Fsp3) is 0.385. The summed E-state index contributed by atoms with van der Waals surface area (Å²) in [4.78, 5) is 11.4. The summed E-state index contributed by atoms with van der Waals surface area (Å²) in [5.74, 6) is -0.360. The van der Waals surface area contributed by atoms with E-state index in [0.717, 1.165) is 5.56 Å². The average Bonchev–Trinajstić information content (AvgIpc) is 2.86. The van der Waals surface area contributed by atoms with Crippen molar-refractivity contribution >= 4 is 17.6 Å². The van der Waals surface area contributed by atoms with Gasteiger partial charge in [0.15, 0.2) is 5.82 Å². The molecule has 0 radical (unpaired) electrons. The summed E-state index contributed by atoms with van der Waals surface area (Å²) in [6, 6.07) is 7.13. The standard InChI is InChI=1S/C13H15ClN4O2/c1-3-13(2,12(19)20)8-18-11(15-16-17-18)9-5-4-6-10(14)7-9/h4-7H,3,8H2,1-2H3,(H,19,20). The number of carboxylic acids is 1. The second-order valence-corrected chi connectivity index (χ2v) is 5.33. The molecule has 0 spiro atoms. The first-order valence-corrected chi connectivity index (χ1v) is 6.59. The Labute approximate surface area is 121 Å². The smallest absolute Gasteiger partial charge is 0.311 e. The van der Waals surface area contributed by atoms with Crippen molar-refractivity contribution in [3.05, 3.63) is 29.3 Å². The van der Waals surface area contributed by atoms with E-state index in [1.54, 1.807) is 25.1 Å². The molecule has 1 unspecified atom stereocenters. The molecule has 0 aliphatic carbocycles. The van der Waals surface area contributed by atoms with E-state index in [1.165, 1.54) is 4.68 Å². The lowest BCUT2D eigenvalue weighted by Gasteiger charge is -2.22. The highest BCUT2D eigenvalue weighted by molar-refractivity contribution is 6.30. The number of nitrogens with zero attached hydrogens (tertiary/aromatic N) is 4. The van der Waals surface area contributed by atoms with Gasteiger partial charge in [-0.25, -0.2) is 4.68 Å². The molecule has 0 amide bonds. The minimum atomic E-state index is -0.914. The van der Waals surface area contributed by atoms with Gasteiger partial charge in [-0.15, -0.1) is 5.10 Å². The third-order valence-corrected chi connectivity index (χ3v) is 3.65. The highest BCUT2D eigenvalue weighted by Gasteiger charge is 2.33. The molecule has 2 aromatic rings. The Bertz CT molecular complexity index is 628. The Morgan fingerprint density at radius 1 is 1.50 bits per heavy atom. The van der Waals surface area contributed by atoms with E-state index in [1.807, 2.05) is 13.0 Å². The predicted molar refractivity (Wildman–Crippen MR) is 74.3 cm³/mol. The summed E-state index contributed by atoms with van der Waals surface area (Å²) in [6.07, 6.45) is 0.483. The Hall–Kier alpha value is -1.95. The number of hydrogen-bond acceptors (Lipinski definition) is 4. The van der Waals surface area contributed by atoms with Crippen LogP contribution in [0.4, 0.5) is 0 Å². The number of benzene rings is 1. The van der Waals surface area contributed by atoms with E-state index in [-0.39, 0.29) is 6.54 Å². The van der Waals surface area contributed by atoms with Gasteiger partial charge in [0.05, 0.1) is 12.0 Å². The van der Waals surface area contributed by atoms with Crippen LogP contribution >= 0.6 is 11.6 Å². The number of halogens is 1. The Morgan fingerprint density at radius 2 is 2.25 bits per heavy atom. The van der Waals surface area contributed by atoms with Crippen LogP contribution in [0.15, 0.2) is 24.3 Å². The van der Waals surface area contributed by atoms with Crippen molar-refractivity contribution in [3.8, 4) is 11.4 Å². The number of carboxylic acid groups (broad SMARTS) is 1. The number of hydrogen-bond donors (Lipinski definition) is 1. The van der Waals surface area contributed by atoms with Gasteiger partial charge in [-0.3, -0.25) is 4.79 Å². The first-order valence-electron chi connectivity index (χ1n) is 6.22. The summed E-state index contributed by atoms with van der Waals surface area (Å²) in [6.45, 7) is 3.71. The van der Waals surface area contributed by atoms with Crippen molar-refractivity contribution in [2.24, 2.45) is 5.41 Å². The van der Waals surface area contributed by atoms with Gasteiger partial charge < -0.3 is 5.11 Å². The van der Waals surface area contributed by atoms with Crippen molar-refractivity contribution < 1.29 is 9.90 Å². The maximum absolute atomic E-state index is 11.4. The first kappa shape index (κ1) is 14.5. The van der Waals surface area contributed by atoms with Crippen LogP contribution in [0, 0.1) is 5.41 Å². The maximum atomic E-state index is 11.4. The second kappa shape index (κ2) is 5.58. The van der Waals surface area contributed by atoms with Gasteiger partial charge in [0, 0.05) is 10.6 Å². The van der Waals surface area contributed by atoms with Crippen molar-refractivity contribution in [1.29, 1.82) is 0 Å². The van der Waals surface area contributed by atoms with E-state index in [2.05, 4.69) is 15.5 Å². The number of tetrazole rings is 1. The summed E-state index contributed by atoms with van der Waals surface area (Å²) in [7, 11) is 0.